The molecule has 5 rings (SSSR count). The molecule has 3 aromatic carbocycles. The topological polar surface area (TPSA) is 26.8 Å². The van der Waals surface area contributed by atoms with Crippen molar-refractivity contribution in [3.05, 3.63) is 106 Å². The van der Waals surface area contributed by atoms with Crippen LogP contribution in [0.5, 0.6) is 0 Å². The number of carbonyl (C=O) groups excluding carboxylic acids is 1. The molecule has 0 spiro atoms. The van der Waals surface area contributed by atoms with E-state index in [0.717, 1.165) is 52.1 Å². The highest BCUT2D eigenvalue weighted by Crippen LogP contribution is 2.30. The van der Waals surface area contributed by atoms with Crippen LogP contribution >= 0.6 is 11.6 Å². The Hall–Kier alpha value is -2.73. The Morgan fingerprint density at radius 2 is 1.39 bits per heavy atom. The quantitative estimate of drug-likeness (QED) is 0.434. The Morgan fingerprint density at radius 1 is 0.806 bits per heavy atom. The van der Waals surface area contributed by atoms with Gasteiger partial charge in [-0.15, -0.1) is 0 Å². The van der Waals surface area contributed by atoms with Gasteiger partial charge < -0.3 is 4.90 Å². The van der Waals surface area contributed by atoms with E-state index >= 15 is 0 Å². The van der Waals surface area contributed by atoms with Crippen LogP contribution in [0.3, 0.4) is 0 Å². The molecule has 36 heavy (non-hydrogen) atoms. The van der Waals surface area contributed by atoms with Crippen LogP contribution in [0, 0.1) is 11.7 Å². The van der Waals surface area contributed by atoms with Gasteiger partial charge in [0.1, 0.15) is 5.82 Å². The predicted octanol–water partition coefficient (Wildman–Crippen LogP) is 5.62. The van der Waals surface area contributed by atoms with Crippen molar-refractivity contribution in [1.82, 2.24) is 14.7 Å². The highest BCUT2D eigenvalue weighted by molar-refractivity contribution is 6.31. The van der Waals surface area contributed by atoms with Crippen molar-refractivity contribution < 1.29 is 9.18 Å². The summed E-state index contributed by atoms with van der Waals surface area (Å²) in [6.45, 7) is 5.26. The van der Waals surface area contributed by atoms with E-state index in [1.807, 2.05) is 0 Å². The third-order valence-corrected chi connectivity index (χ3v) is 7.96. The first-order chi connectivity index (χ1) is 17.6. The minimum Gasteiger partial charge on any atom is -0.340 e. The Bertz CT molecular complexity index is 1080. The number of benzene rings is 3. The number of hydrogen-bond donors (Lipinski definition) is 0. The van der Waals surface area contributed by atoms with Crippen LogP contribution < -0.4 is 0 Å². The maximum Gasteiger partial charge on any atom is 0.225 e. The van der Waals surface area contributed by atoms with Crippen molar-refractivity contribution in [2.45, 2.75) is 25.4 Å². The number of nitrogens with zero attached hydrogens (tertiary/aromatic N) is 3. The first-order valence-electron chi connectivity index (χ1n) is 12.9. The van der Waals surface area contributed by atoms with Gasteiger partial charge in [-0.1, -0.05) is 78.3 Å². The van der Waals surface area contributed by atoms with Gasteiger partial charge in [-0.2, -0.15) is 0 Å². The van der Waals surface area contributed by atoms with Crippen LogP contribution in [0.1, 0.15) is 35.6 Å². The maximum atomic E-state index is 14.2. The molecule has 1 amide bonds. The van der Waals surface area contributed by atoms with E-state index in [2.05, 4.69) is 75.4 Å². The fourth-order valence-electron chi connectivity index (χ4n) is 5.59. The van der Waals surface area contributed by atoms with Crippen molar-refractivity contribution in [2.24, 2.45) is 5.92 Å². The zero-order chi connectivity index (χ0) is 24.9. The van der Waals surface area contributed by atoms with Gasteiger partial charge in [-0.05, 0) is 49.2 Å². The summed E-state index contributed by atoms with van der Waals surface area (Å²) >= 11 is 6.21. The highest BCUT2D eigenvalue weighted by Gasteiger charge is 2.33. The highest BCUT2D eigenvalue weighted by atomic mass is 35.5. The number of halogens is 2. The lowest BCUT2D eigenvalue weighted by molar-refractivity contribution is -0.139. The van der Waals surface area contributed by atoms with Gasteiger partial charge in [-0.25, -0.2) is 4.39 Å². The van der Waals surface area contributed by atoms with Crippen LogP contribution in [0.4, 0.5) is 4.39 Å². The monoisotopic (exact) mass is 505 g/mol. The molecule has 2 aliphatic heterocycles. The Kier molecular flexibility index (Phi) is 8.00. The summed E-state index contributed by atoms with van der Waals surface area (Å²) in [6, 6.07) is 26.3. The molecule has 0 saturated carbocycles. The van der Waals surface area contributed by atoms with Gasteiger partial charge in [0.15, 0.2) is 0 Å². The lowest BCUT2D eigenvalue weighted by Crippen LogP contribution is -2.52. The number of rotatable bonds is 6. The van der Waals surface area contributed by atoms with Crippen molar-refractivity contribution in [3.8, 4) is 0 Å². The third kappa shape index (κ3) is 5.64. The van der Waals surface area contributed by atoms with Gasteiger partial charge in [0.05, 0.1) is 6.04 Å². The van der Waals surface area contributed by atoms with Gasteiger partial charge >= 0.3 is 0 Å². The van der Waals surface area contributed by atoms with Crippen LogP contribution in [-0.2, 0) is 11.3 Å². The summed E-state index contributed by atoms with van der Waals surface area (Å²) in [5.74, 6) is 0.0556. The second-order valence-corrected chi connectivity index (χ2v) is 10.2. The van der Waals surface area contributed by atoms with E-state index in [-0.39, 0.29) is 23.7 Å². The Labute approximate surface area is 218 Å². The van der Waals surface area contributed by atoms with Gasteiger partial charge in [0.25, 0.3) is 0 Å². The van der Waals surface area contributed by atoms with Crippen molar-refractivity contribution in [1.29, 1.82) is 0 Å². The summed E-state index contributed by atoms with van der Waals surface area (Å²) in [5.41, 5.74) is 3.11. The molecule has 3 aromatic rings. The second-order valence-electron chi connectivity index (χ2n) is 9.84. The summed E-state index contributed by atoms with van der Waals surface area (Å²) in [5, 5.41) is 0.468. The molecular weight excluding hydrogens is 473 g/mol. The molecule has 188 valence electrons. The van der Waals surface area contributed by atoms with E-state index in [4.69, 9.17) is 11.6 Å². The number of piperazine rings is 1. The van der Waals surface area contributed by atoms with Crippen molar-refractivity contribution in [3.63, 3.8) is 0 Å². The third-order valence-electron chi connectivity index (χ3n) is 7.60. The van der Waals surface area contributed by atoms with E-state index in [0.29, 0.717) is 17.1 Å². The van der Waals surface area contributed by atoms with Crippen LogP contribution in [-0.4, -0.2) is 59.9 Å². The molecule has 6 heteroatoms. The summed E-state index contributed by atoms with van der Waals surface area (Å²) in [6.07, 6.45) is 1.61. The fourth-order valence-corrected chi connectivity index (χ4v) is 5.81. The number of amides is 1. The van der Waals surface area contributed by atoms with Crippen molar-refractivity contribution in [2.75, 3.05) is 39.3 Å². The van der Waals surface area contributed by atoms with Gasteiger partial charge in [0, 0.05) is 49.2 Å². The molecule has 2 aliphatic rings. The van der Waals surface area contributed by atoms with Gasteiger partial charge in [0.2, 0.25) is 5.91 Å². The van der Waals surface area contributed by atoms with Crippen LogP contribution in [0.25, 0.3) is 0 Å². The van der Waals surface area contributed by atoms with Crippen molar-refractivity contribution >= 4 is 17.5 Å². The minimum absolute atomic E-state index is 0.0444. The second kappa shape index (κ2) is 11.5. The summed E-state index contributed by atoms with van der Waals surface area (Å²) < 4.78 is 14.2. The molecular formula is C30H33ClFN3O. The zero-order valence-electron chi connectivity index (χ0n) is 20.5. The molecule has 0 aliphatic carbocycles. The molecule has 0 radical (unpaired) electrons. The lowest BCUT2D eigenvalue weighted by atomic mass is 9.94. The molecule has 0 N–H and O–H groups in total. The minimum atomic E-state index is -0.261. The number of hydrogen-bond acceptors (Lipinski definition) is 3. The summed E-state index contributed by atoms with van der Waals surface area (Å²) in [4.78, 5) is 20.1. The standard InChI is InChI=1S/C30H33ClFN3O/c31-27-12-7-13-28(32)26(27)22-33-16-14-25(15-17-33)30(36)35-20-18-34(19-21-35)29(23-8-3-1-4-9-23)24-10-5-2-6-11-24/h1-13,25,29H,14-22H2. The summed E-state index contributed by atoms with van der Waals surface area (Å²) in [7, 11) is 0. The maximum absolute atomic E-state index is 14.2. The molecule has 0 aromatic heterocycles. The SMILES string of the molecule is O=C(C1CCN(Cc2c(F)cccc2Cl)CC1)N1CCN(C(c2ccccc2)c2ccccc2)CC1. The number of likely N-dealkylation sites (tertiary alicyclic amines) is 1. The normalized spacial score (nSPS) is 18.0. The smallest absolute Gasteiger partial charge is 0.225 e. The zero-order valence-corrected chi connectivity index (χ0v) is 21.3. The number of carbonyl (C=O) groups is 1. The van der Waals surface area contributed by atoms with Crippen LogP contribution in [0.2, 0.25) is 5.02 Å². The van der Waals surface area contributed by atoms with E-state index in [9.17, 15) is 9.18 Å². The fraction of sp³-hybridized carbons (Fsp3) is 0.367. The Morgan fingerprint density at radius 3 is 1.94 bits per heavy atom. The molecule has 4 nitrogen and oxygen atoms in total. The largest absolute Gasteiger partial charge is 0.340 e. The number of piperidine rings is 1. The van der Waals surface area contributed by atoms with Crippen LogP contribution in [0.15, 0.2) is 78.9 Å². The average molecular weight is 506 g/mol. The molecule has 2 fully saturated rings. The Balaban J connectivity index is 1.17. The molecule has 2 heterocycles. The van der Waals surface area contributed by atoms with E-state index in [1.54, 1.807) is 12.1 Å². The molecule has 2 saturated heterocycles. The first-order valence-corrected chi connectivity index (χ1v) is 13.3. The van der Waals surface area contributed by atoms with Gasteiger partial charge in [-0.3, -0.25) is 14.6 Å². The lowest BCUT2D eigenvalue weighted by Gasteiger charge is -2.41. The predicted molar refractivity (Wildman–Crippen MR) is 142 cm³/mol. The average Bonchev–Trinajstić information content (AvgIpc) is 2.93. The first kappa shape index (κ1) is 24.9. The van der Waals surface area contributed by atoms with E-state index in [1.165, 1.54) is 17.2 Å². The molecule has 0 unspecified atom stereocenters. The van der Waals surface area contributed by atoms with E-state index < -0.39 is 0 Å². The molecule has 0 bridgehead atoms. The molecule has 0 atom stereocenters.